The van der Waals surface area contributed by atoms with E-state index >= 15 is 0 Å². The van der Waals surface area contributed by atoms with Gasteiger partial charge in [-0.1, -0.05) is 60.1 Å². The third-order valence-electron chi connectivity index (χ3n) is 4.38. The molecule has 3 aromatic rings. The first-order valence-corrected chi connectivity index (χ1v) is 9.22. The maximum atomic E-state index is 6.06. The Morgan fingerprint density at radius 2 is 1.69 bits per heavy atom. The molecule has 3 aromatic carbocycles. The molecule has 3 heteroatoms. The average molecular weight is 363 g/mol. The number of anilines is 1. The van der Waals surface area contributed by atoms with E-state index in [4.69, 9.17) is 11.6 Å². The highest BCUT2D eigenvalue weighted by molar-refractivity contribution is 6.30. The van der Waals surface area contributed by atoms with Crippen LogP contribution in [0.1, 0.15) is 23.6 Å². The largest absolute Gasteiger partial charge is 0.367 e. The molecule has 0 amide bonds. The van der Waals surface area contributed by atoms with Gasteiger partial charge in [0.05, 0.1) is 5.69 Å². The molecule has 26 heavy (non-hydrogen) atoms. The molecule has 0 heterocycles. The summed E-state index contributed by atoms with van der Waals surface area (Å²) in [5, 5.41) is 0.706. The number of hydrogen-bond acceptors (Lipinski definition) is 2. The normalized spacial score (nSPS) is 11.0. The molecule has 0 atom stereocenters. The van der Waals surface area contributed by atoms with Crippen molar-refractivity contribution in [2.75, 3.05) is 11.4 Å². The molecule has 0 spiro atoms. The van der Waals surface area contributed by atoms with E-state index in [-0.39, 0.29) is 0 Å². The number of nitrogens with zero attached hydrogens (tertiary/aromatic N) is 2. The van der Waals surface area contributed by atoms with Gasteiger partial charge in [-0.05, 0) is 54.8 Å². The van der Waals surface area contributed by atoms with Gasteiger partial charge in [-0.3, -0.25) is 4.99 Å². The summed E-state index contributed by atoms with van der Waals surface area (Å²) < 4.78 is 0. The van der Waals surface area contributed by atoms with Crippen LogP contribution in [-0.4, -0.2) is 12.8 Å². The Morgan fingerprint density at radius 3 is 2.38 bits per heavy atom. The van der Waals surface area contributed by atoms with Crippen LogP contribution >= 0.6 is 11.6 Å². The summed E-state index contributed by atoms with van der Waals surface area (Å²) >= 11 is 6.06. The Bertz CT molecular complexity index is 870. The molecule has 0 saturated carbocycles. The molecule has 0 aromatic heterocycles. The standard InChI is InChI=1S/C23H23ClN2/c1-3-26(17-20-7-5-4-6-8-20)22-13-10-19(11-14-22)16-25-23-15-21(24)12-9-18(23)2/h4-16H,3,17H2,1-2H3. The maximum Gasteiger partial charge on any atom is 0.0673 e. The smallest absolute Gasteiger partial charge is 0.0673 e. The van der Waals surface area contributed by atoms with Crippen molar-refractivity contribution in [2.24, 2.45) is 4.99 Å². The van der Waals surface area contributed by atoms with E-state index in [1.54, 1.807) is 0 Å². The second-order valence-corrected chi connectivity index (χ2v) is 6.72. The van der Waals surface area contributed by atoms with Crippen molar-refractivity contribution in [3.05, 3.63) is 94.5 Å². The molecular formula is C23H23ClN2. The molecule has 0 aliphatic rings. The van der Waals surface area contributed by atoms with E-state index in [0.717, 1.165) is 29.9 Å². The van der Waals surface area contributed by atoms with Crippen molar-refractivity contribution in [3.63, 3.8) is 0 Å². The van der Waals surface area contributed by atoms with Crippen LogP contribution in [0.15, 0.2) is 77.8 Å². The van der Waals surface area contributed by atoms with Gasteiger partial charge in [-0.2, -0.15) is 0 Å². The van der Waals surface area contributed by atoms with Gasteiger partial charge in [-0.15, -0.1) is 0 Å². The number of benzene rings is 3. The first-order chi connectivity index (χ1) is 12.7. The van der Waals surface area contributed by atoms with Gasteiger partial charge in [0.2, 0.25) is 0 Å². The van der Waals surface area contributed by atoms with Crippen molar-refractivity contribution in [3.8, 4) is 0 Å². The number of aliphatic imine (C=N–C) groups is 1. The highest BCUT2D eigenvalue weighted by atomic mass is 35.5. The fourth-order valence-electron chi connectivity index (χ4n) is 2.83. The SMILES string of the molecule is CCN(Cc1ccccc1)c1ccc(C=Nc2cc(Cl)ccc2C)cc1. The van der Waals surface area contributed by atoms with Gasteiger partial charge < -0.3 is 4.90 Å². The molecule has 132 valence electrons. The Hall–Kier alpha value is -2.58. The first kappa shape index (κ1) is 18.2. The maximum absolute atomic E-state index is 6.06. The van der Waals surface area contributed by atoms with Gasteiger partial charge in [0, 0.05) is 30.0 Å². The minimum absolute atomic E-state index is 0.706. The van der Waals surface area contributed by atoms with Crippen LogP contribution in [0.5, 0.6) is 0 Å². The summed E-state index contributed by atoms with van der Waals surface area (Å²) in [5.74, 6) is 0. The van der Waals surface area contributed by atoms with Crippen LogP contribution in [0.3, 0.4) is 0 Å². The highest BCUT2D eigenvalue weighted by Gasteiger charge is 2.05. The number of halogens is 1. The van der Waals surface area contributed by atoms with Crippen LogP contribution in [0.2, 0.25) is 5.02 Å². The Morgan fingerprint density at radius 1 is 0.962 bits per heavy atom. The predicted molar refractivity (Wildman–Crippen MR) is 113 cm³/mol. The lowest BCUT2D eigenvalue weighted by molar-refractivity contribution is 0.832. The molecule has 0 fully saturated rings. The molecule has 2 nitrogen and oxygen atoms in total. The molecule has 0 bridgehead atoms. The van der Waals surface area contributed by atoms with Gasteiger partial charge in [-0.25, -0.2) is 0 Å². The lowest BCUT2D eigenvalue weighted by Gasteiger charge is -2.23. The van der Waals surface area contributed by atoms with Crippen LogP contribution in [0, 0.1) is 6.92 Å². The second kappa shape index (κ2) is 8.68. The zero-order valence-corrected chi connectivity index (χ0v) is 15.9. The monoisotopic (exact) mass is 362 g/mol. The Kier molecular flexibility index (Phi) is 6.08. The fourth-order valence-corrected chi connectivity index (χ4v) is 2.99. The van der Waals surface area contributed by atoms with Crippen LogP contribution in [0.4, 0.5) is 11.4 Å². The predicted octanol–water partition coefficient (Wildman–Crippen LogP) is 6.43. The minimum atomic E-state index is 0.706. The zero-order valence-electron chi connectivity index (χ0n) is 15.2. The molecule has 0 N–H and O–H groups in total. The summed E-state index contributed by atoms with van der Waals surface area (Å²) in [4.78, 5) is 6.93. The molecule has 0 saturated heterocycles. The number of rotatable bonds is 6. The number of aryl methyl sites for hydroxylation is 1. The molecule has 0 aliphatic carbocycles. The summed E-state index contributed by atoms with van der Waals surface area (Å²) in [6.07, 6.45) is 1.88. The summed E-state index contributed by atoms with van der Waals surface area (Å²) in [5.41, 5.74) is 5.62. The molecule has 0 radical (unpaired) electrons. The van der Waals surface area contributed by atoms with Gasteiger partial charge >= 0.3 is 0 Å². The average Bonchev–Trinajstić information content (AvgIpc) is 2.68. The fraction of sp³-hybridized carbons (Fsp3) is 0.174. The van der Waals surface area contributed by atoms with Crippen molar-refractivity contribution < 1.29 is 0 Å². The second-order valence-electron chi connectivity index (χ2n) is 6.28. The number of hydrogen-bond donors (Lipinski definition) is 0. The minimum Gasteiger partial charge on any atom is -0.367 e. The highest BCUT2D eigenvalue weighted by Crippen LogP contribution is 2.23. The van der Waals surface area contributed by atoms with Crippen molar-refractivity contribution >= 4 is 29.2 Å². The van der Waals surface area contributed by atoms with E-state index < -0.39 is 0 Å². The van der Waals surface area contributed by atoms with Crippen LogP contribution < -0.4 is 4.90 Å². The van der Waals surface area contributed by atoms with Gasteiger partial charge in [0.1, 0.15) is 0 Å². The van der Waals surface area contributed by atoms with Crippen molar-refractivity contribution in [1.82, 2.24) is 0 Å². The summed E-state index contributed by atoms with van der Waals surface area (Å²) in [6, 6.07) is 24.8. The third-order valence-corrected chi connectivity index (χ3v) is 4.62. The van der Waals surface area contributed by atoms with Crippen molar-refractivity contribution in [1.29, 1.82) is 0 Å². The van der Waals surface area contributed by atoms with Gasteiger partial charge in [0.15, 0.2) is 0 Å². The molecular weight excluding hydrogens is 340 g/mol. The van der Waals surface area contributed by atoms with Crippen LogP contribution in [-0.2, 0) is 6.54 Å². The van der Waals surface area contributed by atoms with E-state index in [9.17, 15) is 0 Å². The summed E-state index contributed by atoms with van der Waals surface area (Å²) in [6.45, 7) is 6.09. The molecule has 0 aliphatic heterocycles. The van der Waals surface area contributed by atoms with E-state index in [1.165, 1.54) is 11.3 Å². The zero-order chi connectivity index (χ0) is 18.4. The van der Waals surface area contributed by atoms with E-state index in [1.807, 2.05) is 31.3 Å². The molecule has 3 rings (SSSR count). The lowest BCUT2D eigenvalue weighted by atomic mass is 10.1. The third kappa shape index (κ3) is 4.74. The van der Waals surface area contributed by atoms with E-state index in [2.05, 4.69) is 71.4 Å². The van der Waals surface area contributed by atoms with Crippen molar-refractivity contribution in [2.45, 2.75) is 20.4 Å². The Balaban J connectivity index is 1.73. The summed E-state index contributed by atoms with van der Waals surface area (Å²) in [7, 11) is 0. The lowest BCUT2D eigenvalue weighted by Crippen LogP contribution is -2.21. The topological polar surface area (TPSA) is 15.6 Å². The molecule has 0 unspecified atom stereocenters. The Labute approximate surface area is 160 Å². The van der Waals surface area contributed by atoms with Crippen LogP contribution in [0.25, 0.3) is 0 Å². The van der Waals surface area contributed by atoms with Gasteiger partial charge in [0.25, 0.3) is 0 Å². The first-order valence-electron chi connectivity index (χ1n) is 8.85. The quantitative estimate of drug-likeness (QED) is 0.461. The van der Waals surface area contributed by atoms with E-state index in [0.29, 0.717) is 5.02 Å².